The average Bonchev–Trinajstić information content (AvgIpc) is 2.26. The highest BCUT2D eigenvalue weighted by atomic mass is 79.9. The molecule has 2 aromatic carbocycles. The van der Waals surface area contributed by atoms with Crippen LogP contribution in [0.4, 0.5) is 8.78 Å². The van der Waals surface area contributed by atoms with Crippen molar-refractivity contribution in [1.82, 2.24) is 0 Å². The van der Waals surface area contributed by atoms with Crippen LogP contribution in [-0.4, -0.2) is 0 Å². The van der Waals surface area contributed by atoms with Crippen LogP contribution in [0, 0.1) is 11.6 Å². The zero-order valence-electron chi connectivity index (χ0n) is 10.5. The van der Waals surface area contributed by atoms with Gasteiger partial charge in [0.2, 0.25) is 0 Å². The van der Waals surface area contributed by atoms with E-state index in [2.05, 4.69) is 15.9 Å². The molecule has 0 aliphatic rings. The molecule has 1 unspecified atom stereocenters. The summed E-state index contributed by atoms with van der Waals surface area (Å²) in [7, 11) is 0. The van der Waals surface area contributed by atoms with E-state index in [-0.39, 0.29) is 0 Å². The Kier molecular flexibility index (Phi) is 4.02. The molecule has 0 fully saturated rings. The van der Waals surface area contributed by atoms with Gasteiger partial charge in [0.25, 0.3) is 0 Å². The molecule has 2 N–H and O–H groups in total. The number of halogens is 3. The second-order valence-corrected chi connectivity index (χ2v) is 5.71. The van der Waals surface area contributed by atoms with E-state index in [9.17, 15) is 8.78 Å². The number of nitrogens with two attached hydrogens (primary N) is 1. The Labute approximate surface area is 119 Å². The Hall–Kier alpha value is -1.26. The van der Waals surface area contributed by atoms with Gasteiger partial charge in [0.15, 0.2) is 0 Å². The molecule has 0 aliphatic carbocycles. The number of hydrogen-bond donors (Lipinski definition) is 1. The van der Waals surface area contributed by atoms with Crippen molar-refractivity contribution in [2.75, 3.05) is 0 Å². The monoisotopic (exact) mass is 325 g/mol. The van der Waals surface area contributed by atoms with Crippen LogP contribution in [0.2, 0.25) is 0 Å². The molecular weight excluding hydrogens is 312 g/mol. The minimum atomic E-state index is -0.708. The first-order valence-electron chi connectivity index (χ1n) is 5.87. The quantitative estimate of drug-likeness (QED) is 0.901. The van der Waals surface area contributed by atoms with Gasteiger partial charge in [-0.15, -0.1) is 0 Å². The minimum absolute atomic E-state index is 0.351. The lowest BCUT2D eigenvalue weighted by atomic mass is 9.86. The van der Waals surface area contributed by atoms with Crippen LogP contribution in [0.1, 0.15) is 18.1 Å². The number of hydrogen-bond acceptors (Lipinski definition) is 1. The van der Waals surface area contributed by atoms with Crippen LogP contribution in [-0.2, 0) is 12.0 Å². The first-order valence-corrected chi connectivity index (χ1v) is 6.67. The second-order valence-electron chi connectivity index (χ2n) is 4.85. The van der Waals surface area contributed by atoms with Crippen LogP contribution in [0.3, 0.4) is 0 Å². The van der Waals surface area contributed by atoms with Gasteiger partial charge in [-0.3, -0.25) is 0 Å². The lowest BCUT2D eigenvalue weighted by molar-refractivity contribution is 0.484. The molecule has 0 aliphatic heterocycles. The molecule has 1 nitrogen and oxygen atoms in total. The standard InChI is InChI=1S/C15H14BrF2N/c1-15(19,13-4-2-3-5-14(13)16)9-10-6-11(17)8-12(18)7-10/h2-8H,9,19H2,1H3. The van der Waals surface area contributed by atoms with E-state index in [0.717, 1.165) is 16.1 Å². The van der Waals surface area contributed by atoms with Crippen LogP contribution in [0.5, 0.6) is 0 Å². The molecule has 0 aromatic heterocycles. The van der Waals surface area contributed by atoms with Gasteiger partial charge < -0.3 is 5.73 Å². The molecule has 0 heterocycles. The maximum absolute atomic E-state index is 13.2. The van der Waals surface area contributed by atoms with Crippen molar-refractivity contribution in [3.05, 3.63) is 69.7 Å². The number of rotatable bonds is 3. The molecule has 2 aromatic rings. The third-order valence-electron chi connectivity index (χ3n) is 2.98. The summed E-state index contributed by atoms with van der Waals surface area (Å²) >= 11 is 3.45. The zero-order valence-corrected chi connectivity index (χ0v) is 12.0. The van der Waals surface area contributed by atoms with Crippen LogP contribution >= 0.6 is 15.9 Å². The van der Waals surface area contributed by atoms with Gasteiger partial charge in [-0.2, -0.15) is 0 Å². The molecule has 0 spiro atoms. The minimum Gasteiger partial charge on any atom is -0.321 e. The summed E-state index contributed by atoms with van der Waals surface area (Å²) in [5, 5.41) is 0. The lowest BCUT2D eigenvalue weighted by Gasteiger charge is -2.26. The maximum atomic E-state index is 13.2. The summed E-state index contributed by atoms with van der Waals surface area (Å²) in [5.41, 5.74) is 7.03. The van der Waals surface area contributed by atoms with E-state index < -0.39 is 17.2 Å². The summed E-state index contributed by atoms with van der Waals surface area (Å²) in [5.74, 6) is -1.17. The highest BCUT2D eigenvalue weighted by molar-refractivity contribution is 9.10. The molecule has 0 bridgehead atoms. The van der Waals surface area contributed by atoms with E-state index in [0.29, 0.717) is 12.0 Å². The average molecular weight is 326 g/mol. The largest absolute Gasteiger partial charge is 0.321 e. The third kappa shape index (κ3) is 3.39. The van der Waals surface area contributed by atoms with Crippen LogP contribution in [0.25, 0.3) is 0 Å². The van der Waals surface area contributed by atoms with E-state index >= 15 is 0 Å². The number of benzene rings is 2. The van der Waals surface area contributed by atoms with Gasteiger partial charge in [-0.1, -0.05) is 34.1 Å². The summed E-state index contributed by atoms with van der Waals surface area (Å²) in [4.78, 5) is 0. The lowest BCUT2D eigenvalue weighted by Crippen LogP contribution is -2.35. The summed E-state index contributed by atoms with van der Waals surface area (Å²) in [6, 6.07) is 11.1. The van der Waals surface area contributed by atoms with E-state index in [1.54, 1.807) is 0 Å². The van der Waals surface area contributed by atoms with Gasteiger partial charge >= 0.3 is 0 Å². The smallest absolute Gasteiger partial charge is 0.126 e. The Bertz CT molecular complexity index is 576. The van der Waals surface area contributed by atoms with Crippen molar-refractivity contribution < 1.29 is 8.78 Å². The summed E-state index contributed by atoms with van der Waals surface area (Å²) < 4.78 is 27.3. The third-order valence-corrected chi connectivity index (χ3v) is 3.67. The topological polar surface area (TPSA) is 26.0 Å². The van der Waals surface area contributed by atoms with Crippen molar-refractivity contribution >= 4 is 15.9 Å². The molecule has 4 heteroatoms. The highest BCUT2D eigenvalue weighted by Gasteiger charge is 2.24. The molecule has 0 saturated carbocycles. The molecule has 0 saturated heterocycles. The molecule has 19 heavy (non-hydrogen) atoms. The SMILES string of the molecule is CC(N)(Cc1cc(F)cc(F)c1)c1ccccc1Br. The molecule has 0 radical (unpaired) electrons. The molecular formula is C15H14BrF2N. The van der Waals surface area contributed by atoms with Gasteiger partial charge in [-0.25, -0.2) is 8.78 Å². The zero-order chi connectivity index (χ0) is 14.0. The first kappa shape index (κ1) is 14.2. The van der Waals surface area contributed by atoms with Crippen molar-refractivity contribution in [3.63, 3.8) is 0 Å². The Morgan fingerprint density at radius 1 is 1.11 bits per heavy atom. The van der Waals surface area contributed by atoms with Gasteiger partial charge in [0, 0.05) is 16.1 Å². The van der Waals surface area contributed by atoms with Gasteiger partial charge in [-0.05, 0) is 42.7 Å². The fourth-order valence-electron chi connectivity index (χ4n) is 2.16. The Balaban J connectivity index is 2.33. The molecule has 2 rings (SSSR count). The second kappa shape index (κ2) is 5.39. The molecule has 1 atom stereocenters. The van der Waals surface area contributed by atoms with Crippen molar-refractivity contribution in [1.29, 1.82) is 0 Å². The van der Waals surface area contributed by atoms with E-state index in [1.807, 2.05) is 31.2 Å². The van der Waals surface area contributed by atoms with Crippen molar-refractivity contribution in [2.45, 2.75) is 18.9 Å². The maximum Gasteiger partial charge on any atom is 0.126 e. The molecule has 0 amide bonds. The molecule has 100 valence electrons. The predicted molar refractivity (Wildman–Crippen MR) is 75.7 cm³/mol. The summed E-state index contributed by atoms with van der Waals surface area (Å²) in [6.07, 6.45) is 0.351. The van der Waals surface area contributed by atoms with Crippen molar-refractivity contribution in [2.24, 2.45) is 5.73 Å². The van der Waals surface area contributed by atoms with Crippen molar-refractivity contribution in [3.8, 4) is 0 Å². The van der Waals surface area contributed by atoms with Crippen LogP contribution in [0.15, 0.2) is 46.9 Å². The Morgan fingerprint density at radius 2 is 1.68 bits per heavy atom. The van der Waals surface area contributed by atoms with E-state index in [1.165, 1.54) is 12.1 Å². The van der Waals surface area contributed by atoms with Crippen LogP contribution < -0.4 is 5.73 Å². The van der Waals surface area contributed by atoms with Gasteiger partial charge in [0.05, 0.1) is 0 Å². The first-order chi connectivity index (χ1) is 8.88. The summed E-state index contributed by atoms with van der Waals surface area (Å²) in [6.45, 7) is 1.84. The Morgan fingerprint density at radius 3 is 2.26 bits per heavy atom. The van der Waals surface area contributed by atoms with Gasteiger partial charge in [0.1, 0.15) is 11.6 Å². The normalized spacial score (nSPS) is 14.2. The fourth-order valence-corrected chi connectivity index (χ4v) is 2.89. The fraction of sp³-hybridized carbons (Fsp3) is 0.200. The predicted octanol–water partition coefficient (Wildman–Crippen LogP) is 4.14. The highest BCUT2D eigenvalue weighted by Crippen LogP contribution is 2.29. The van der Waals surface area contributed by atoms with E-state index in [4.69, 9.17) is 5.73 Å².